The van der Waals surface area contributed by atoms with Gasteiger partial charge in [-0.1, -0.05) is 33.8 Å². The quantitative estimate of drug-likeness (QED) is 0.879. The first-order chi connectivity index (χ1) is 9.85. The van der Waals surface area contributed by atoms with Crippen molar-refractivity contribution in [1.29, 1.82) is 0 Å². The van der Waals surface area contributed by atoms with Crippen LogP contribution in [0.5, 0.6) is 11.5 Å². The van der Waals surface area contributed by atoms with Crippen LogP contribution in [0.25, 0.3) is 0 Å². The first-order valence-electron chi connectivity index (χ1n) is 7.98. The van der Waals surface area contributed by atoms with Gasteiger partial charge in [-0.05, 0) is 30.7 Å². The number of nitrogens with two attached hydrogens (primary N) is 1. The summed E-state index contributed by atoms with van der Waals surface area (Å²) in [5.41, 5.74) is 7.39. The largest absolute Gasteiger partial charge is 0.497 e. The van der Waals surface area contributed by atoms with E-state index in [2.05, 4.69) is 27.7 Å². The summed E-state index contributed by atoms with van der Waals surface area (Å²) in [6, 6.07) is 6.01. The molecular weight excluding hydrogens is 262 g/mol. The Morgan fingerprint density at radius 1 is 1.24 bits per heavy atom. The highest BCUT2D eigenvalue weighted by molar-refractivity contribution is 5.44. The molecule has 0 radical (unpaired) electrons. The topological polar surface area (TPSA) is 44.5 Å². The summed E-state index contributed by atoms with van der Waals surface area (Å²) in [5, 5.41) is 0. The van der Waals surface area contributed by atoms with E-state index in [1.807, 2.05) is 18.2 Å². The van der Waals surface area contributed by atoms with Gasteiger partial charge in [0.15, 0.2) is 0 Å². The molecule has 118 valence electrons. The molecule has 0 unspecified atom stereocenters. The van der Waals surface area contributed by atoms with E-state index in [9.17, 15) is 0 Å². The molecule has 0 fully saturated rings. The maximum Gasteiger partial charge on any atom is 0.128 e. The van der Waals surface area contributed by atoms with Gasteiger partial charge in [0.1, 0.15) is 17.1 Å². The lowest BCUT2D eigenvalue weighted by atomic mass is 9.77. The van der Waals surface area contributed by atoms with Crippen LogP contribution in [0.15, 0.2) is 18.2 Å². The molecule has 0 bridgehead atoms. The molecule has 1 aromatic rings. The molecule has 0 amide bonds. The number of methoxy groups -OCH3 is 1. The number of benzene rings is 1. The zero-order valence-corrected chi connectivity index (χ0v) is 14.0. The summed E-state index contributed by atoms with van der Waals surface area (Å²) in [6.07, 6.45) is 2.97. The Balaban J connectivity index is 2.36. The van der Waals surface area contributed by atoms with Crippen LogP contribution in [0.4, 0.5) is 0 Å². The summed E-state index contributed by atoms with van der Waals surface area (Å²) >= 11 is 0. The molecule has 1 atom stereocenters. The third kappa shape index (κ3) is 3.70. The highest BCUT2D eigenvalue weighted by atomic mass is 16.5. The van der Waals surface area contributed by atoms with Gasteiger partial charge < -0.3 is 15.2 Å². The van der Waals surface area contributed by atoms with Crippen LogP contribution < -0.4 is 15.2 Å². The van der Waals surface area contributed by atoms with Gasteiger partial charge in [-0.15, -0.1) is 0 Å². The van der Waals surface area contributed by atoms with Gasteiger partial charge in [0.25, 0.3) is 0 Å². The van der Waals surface area contributed by atoms with Crippen LogP contribution in [-0.4, -0.2) is 12.7 Å². The van der Waals surface area contributed by atoms with Crippen LogP contribution in [0.2, 0.25) is 0 Å². The molecule has 2 N–H and O–H groups in total. The molecule has 1 aromatic carbocycles. The Labute approximate surface area is 128 Å². The number of fused-ring (bicyclic) bond motifs is 1. The summed E-state index contributed by atoms with van der Waals surface area (Å²) in [7, 11) is 1.68. The Kier molecular flexibility index (Phi) is 4.82. The van der Waals surface area contributed by atoms with E-state index in [1.165, 1.54) is 0 Å². The summed E-state index contributed by atoms with van der Waals surface area (Å²) in [5.74, 6) is 2.89. The molecule has 0 saturated heterocycles. The molecule has 0 spiro atoms. The van der Waals surface area contributed by atoms with Gasteiger partial charge in [0, 0.05) is 24.1 Å². The molecule has 21 heavy (non-hydrogen) atoms. The van der Waals surface area contributed by atoms with E-state index in [-0.39, 0.29) is 11.6 Å². The lowest BCUT2D eigenvalue weighted by Crippen LogP contribution is -2.45. The van der Waals surface area contributed by atoms with Crippen LogP contribution in [0.3, 0.4) is 0 Å². The molecule has 0 aliphatic carbocycles. The van der Waals surface area contributed by atoms with Crippen LogP contribution in [-0.2, 0) is 0 Å². The predicted octanol–water partition coefficient (Wildman–Crippen LogP) is 4.31. The van der Waals surface area contributed by atoms with E-state index in [0.717, 1.165) is 36.3 Å². The highest BCUT2D eigenvalue weighted by Gasteiger charge is 2.40. The highest BCUT2D eigenvalue weighted by Crippen LogP contribution is 2.45. The minimum Gasteiger partial charge on any atom is -0.497 e. The predicted molar refractivity (Wildman–Crippen MR) is 86.8 cm³/mol. The zero-order valence-electron chi connectivity index (χ0n) is 14.0. The molecule has 0 aromatic heterocycles. The van der Waals surface area contributed by atoms with Crippen molar-refractivity contribution < 1.29 is 9.47 Å². The maximum absolute atomic E-state index is 6.49. The second-order valence-corrected chi connectivity index (χ2v) is 7.20. The third-order valence-corrected chi connectivity index (χ3v) is 4.10. The molecule has 3 heteroatoms. The second-order valence-electron chi connectivity index (χ2n) is 7.20. The van der Waals surface area contributed by atoms with Gasteiger partial charge >= 0.3 is 0 Å². The van der Waals surface area contributed by atoms with Crippen molar-refractivity contribution in [1.82, 2.24) is 0 Å². The fourth-order valence-corrected chi connectivity index (χ4v) is 3.64. The third-order valence-electron chi connectivity index (χ3n) is 4.10. The normalized spacial score (nSPS) is 20.3. The molecule has 2 rings (SSSR count). The summed E-state index contributed by atoms with van der Waals surface area (Å²) in [4.78, 5) is 0. The average molecular weight is 291 g/mol. The van der Waals surface area contributed by atoms with E-state index in [1.54, 1.807) is 7.11 Å². The first-order valence-corrected chi connectivity index (χ1v) is 7.98. The number of ether oxygens (including phenoxy) is 2. The Morgan fingerprint density at radius 3 is 2.38 bits per heavy atom. The van der Waals surface area contributed by atoms with E-state index in [0.29, 0.717) is 11.8 Å². The minimum absolute atomic E-state index is 0.0390. The first kappa shape index (κ1) is 16.2. The van der Waals surface area contributed by atoms with Crippen molar-refractivity contribution in [2.45, 2.75) is 58.6 Å². The smallest absolute Gasteiger partial charge is 0.128 e. The van der Waals surface area contributed by atoms with Crippen LogP contribution in [0.1, 0.15) is 58.6 Å². The zero-order chi connectivity index (χ0) is 15.6. The second kappa shape index (κ2) is 6.27. The van der Waals surface area contributed by atoms with Gasteiger partial charge in [0.05, 0.1) is 7.11 Å². The van der Waals surface area contributed by atoms with Crippen molar-refractivity contribution in [3.63, 3.8) is 0 Å². The van der Waals surface area contributed by atoms with E-state index < -0.39 is 0 Å². The number of rotatable bonds is 5. The van der Waals surface area contributed by atoms with Crippen LogP contribution in [0, 0.1) is 11.8 Å². The minimum atomic E-state index is -0.152. The lowest BCUT2D eigenvalue weighted by molar-refractivity contribution is -0.00178. The standard InChI is InChI=1S/C18H29NO2/c1-12(2)9-18(10-13(3)4)11-16(19)15-7-6-14(20-5)8-17(15)21-18/h6-8,12-13,16H,9-11,19H2,1-5H3/t16-/m0/s1. The molecule has 1 aliphatic heterocycles. The molecule has 1 heterocycles. The van der Waals surface area contributed by atoms with Crippen molar-refractivity contribution in [3.05, 3.63) is 23.8 Å². The molecule has 0 saturated carbocycles. The summed E-state index contributed by atoms with van der Waals surface area (Å²) in [6.45, 7) is 8.99. The lowest BCUT2D eigenvalue weighted by Gasteiger charge is -2.43. The van der Waals surface area contributed by atoms with Gasteiger partial charge in [0.2, 0.25) is 0 Å². The maximum atomic E-state index is 6.49. The van der Waals surface area contributed by atoms with Gasteiger partial charge in [-0.2, -0.15) is 0 Å². The molecule has 3 nitrogen and oxygen atoms in total. The van der Waals surface area contributed by atoms with Crippen molar-refractivity contribution in [3.8, 4) is 11.5 Å². The van der Waals surface area contributed by atoms with Crippen molar-refractivity contribution in [2.24, 2.45) is 17.6 Å². The molecular formula is C18H29NO2. The fourth-order valence-electron chi connectivity index (χ4n) is 3.64. The van der Waals surface area contributed by atoms with Crippen molar-refractivity contribution >= 4 is 0 Å². The Morgan fingerprint density at radius 2 is 1.86 bits per heavy atom. The number of hydrogen-bond donors (Lipinski definition) is 1. The van der Waals surface area contributed by atoms with Gasteiger partial charge in [-0.25, -0.2) is 0 Å². The van der Waals surface area contributed by atoms with E-state index >= 15 is 0 Å². The number of hydrogen-bond acceptors (Lipinski definition) is 3. The van der Waals surface area contributed by atoms with Crippen LogP contribution >= 0.6 is 0 Å². The Hall–Kier alpha value is -1.22. The molecule has 1 aliphatic rings. The SMILES string of the molecule is COc1ccc2c(c1)OC(CC(C)C)(CC(C)C)C[C@@H]2N. The fraction of sp³-hybridized carbons (Fsp3) is 0.667. The summed E-state index contributed by atoms with van der Waals surface area (Å²) < 4.78 is 11.8. The Bertz CT molecular complexity index is 472. The average Bonchev–Trinajstić information content (AvgIpc) is 2.35. The monoisotopic (exact) mass is 291 g/mol. The van der Waals surface area contributed by atoms with E-state index in [4.69, 9.17) is 15.2 Å². The van der Waals surface area contributed by atoms with Crippen molar-refractivity contribution in [2.75, 3.05) is 7.11 Å². The van der Waals surface area contributed by atoms with Gasteiger partial charge in [-0.3, -0.25) is 0 Å².